The van der Waals surface area contributed by atoms with Crippen LogP contribution in [0.25, 0.3) is 0 Å². The molecule has 4 rings (SSSR count). The van der Waals surface area contributed by atoms with Gasteiger partial charge < -0.3 is 15.0 Å². The molecular weight excluding hydrogens is 344 g/mol. The molecule has 1 saturated heterocycles. The van der Waals surface area contributed by atoms with Crippen molar-refractivity contribution in [2.24, 2.45) is 11.8 Å². The number of para-hydroxylation sites is 1. The summed E-state index contributed by atoms with van der Waals surface area (Å²) >= 11 is 0. The van der Waals surface area contributed by atoms with E-state index in [0.29, 0.717) is 30.5 Å². The molecule has 7 nitrogen and oxygen atoms in total. The van der Waals surface area contributed by atoms with Crippen molar-refractivity contribution in [1.29, 1.82) is 0 Å². The summed E-state index contributed by atoms with van der Waals surface area (Å²) in [5, 5.41) is 3.05. The molecule has 2 aromatic rings. The largest absolute Gasteiger partial charge is 0.484 e. The Labute approximate surface area is 157 Å². The van der Waals surface area contributed by atoms with E-state index in [1.807, 2.05) is 30.3 Å². The summed E-state index contributed by atoms with van der Waals surface area (Å²) in [6.07, 6.45) is 6.80. The lowest BCUT2D eigenvalue weighted by molar-refractivity contribution is -0.132. The summed E-state index contributed by atoms with van der Waals surface area (Å²) in [6.45, 7) is 1.17. The van der Waals surface area contributed by atoms with E-state index in [0.717, 1.165) is 12.8 Å². The predicted octanol–water partition coefficient (Wildman–Crippen LogP) is 1.52. The molecule has 0 spiro atoms. The maximum atomic E-state index is 12.6. The smallest absolute Gasteiger partial charge is 0.271 e. The molecule has 0 bridgehead atoms. The number of ether oxygens (including phenoxy) is 1. The molecule has 2 fully saturated rings. The van der Waals surface area contributed by atoms with Crippen molar-refractivity contribution in [2.75, 3.05) is 19.7 Å². The standard InChI is InChI=1S/C20H22N4O3/c25-19(13-27-15-4-2-1-3-5-15)24-11-16(14-6-7-14)18(12-24)23-20(26)17-10-21-8-9-22-17/h1-5,8-10,14,16,18H,6-7,11-13H2,(H,23,26)/t16-,18+/m1/s1. The zero-order chi connectivity index (χ0) is 18.6. The Hall–Kier alpha value is -2.96. The van der Waals surface area contributed by atoms with Gasteiger partial charge in [0.05, 0.1) is 12.2 Å². The Morgan fingerprint density at radius 2 is 1.96 bits per heavy atom. The molecule has 2 atom stereocenters. The van der Waals surface area contributed by atoms with E-state index in [9.17, 15) is 9.59 Å². The quantitative estimate of drug-likeness (QED) is 0.838. The van der Waals surface area contributed by atoms with Gasteiger partial charge in [-0.15, -0.1) is 0 Å². The molecule has 0 radical (unpaired) electrons. The van der Waals surface area contributed by atoms with Crippen LogP contribution in [0.3, 0.4) is 0 Å². The topological polar surface area (TPSA) is 84.4 Å². The van der Waals surface area contributed by atoms with Crippen LogP contribution in [0.1, 0.15) is 23.3 Å². The zero-order valence-electron chi connectivity index (χ0n) is 15.0. The van der Waals surface area contributed by atoms with Crippen LogP contribution in [-0.4, -0.2) is 52.4 Å². The molecule has 2 heterocycles. The fourth-order valence-electron chi connectivity index (χ4n) is 3.60. The zero-order valence-corrected chi connectivity index (χ0v) is 15.0. The Bertz CT molecular complexity index is 795. The average molecular weight is 366 g/mol. The van der Waals surface area contributed by atoms with Crippen molar-refractivity contribution >= 4 is 11.8 Å². The van der Waals surface area contributed by atoms with Crippen molar-refractivity contribution in [2.45, 2.75) is 18.9 Å². The Morgan fingerprint density at radius 1 is 1.15 bits per heavy atom. The van der Waals surface area contributed by atoms with Crippen LogP contribution < -0.4 is 10.1 Å². The SMILES string of the molecule is O=C(N[C@H]1CN(C(=O)COc2ccccc2)C[C@@H]1C1CC1)c1cnccn1. The van der Waals surface area contributed by atoms with Crippen molar-refractivity contribution in [1.82, 2.24) is 20.2 Å². The normalized spacial score (nSPS) is 21.7. The molecule has 1 N–H and O–H groups in total. The van der Waals surface area contributed by atoms with E-state index in [2.05, 4.69) is 15.3 Å². The van der Waals surface area contributed by atoms with Crippen molar-refractivity contribution in [3.63, 3.8) is 0 Å². The van der Waals surface area contributed by atoms with Crippen molar-refractivity contribution < 1.29 is 14.3 Å². The van der Waals surface area contributed by atoms with Gasteiger partial charge in [0.2, 0.25) is 0 Å². The number of benzene rings is 1. The second-order valence-electron chi connectivity index (χ2n) is 7.07. The van der Waals surface area contributed by atoms with Gasteiger partial charge in [0.25, 0.3) is 11.8 Å². The molecule has 1 aliphatic carbocycles. The third-order valence-corrected chi connectivity index (χ3v) is 5.16. The number of aromatic nitrogens is 2. The van der Waals surface area contributed by atoms with Crippen LogP contribution in [0.2, 0.25) is 0 Å². The van der Waals surface area contributed by atoms with Gasteiger partial charge in [0.15, 0.2) is 6.61 Å². The molecule has 140 valence electrons. The van der Waals surface area contributed by atoms with Crippen LogP contribution in [0.4, 0.5) is 0 Å². The van der Waals surface area contributed by atoms with Crippen LogP contribution >= 0.6 is 0 Å². The van der Waals surface area contributed by atoms with Gasteiger partial charge in [-0.1, -0.05) is 18.2 Å². The number of hydrogen-bond donors (Lipinski definition) is 1. The van der Waals surface area contributed by atoms with Gasteiger partial charge in [0, 0.05) is 31.4 Å². The highest BCUT2D eigenvalue weighted by molar-refractivity contribution is 5.92. The maximum absolute atomic E-state index is 12.6. The summed E-state index contributed by atoms with van der Waals surface area (Å²) in [4.78, 5) is 34.8. The van der Waals surface area contributed by atoms with Crippen molar-refractivity contribution in [3.8, 4) is 5.75 Å². The van der Waals surface area contributed by atoms with E-state index in [-0.39, 0.29) is 30.4 Å². The number of rotatable bonds is 6. The molecule has 0 unspecified atom stereocenters. The summed E-state index contributed by atoms with van der Waals surface area (Å²) in [5.74, 6) is 1.24. The number of nitrogens with one attached hydrogen (secondary N) is 1. The Morgan fingerprint density at radius 3 is 2.67 bits per heavy atom. The third kappa shape index (κ3) is 4.24. The van der Waals surface area contributed by atoms with Crippen LogP contribution in [0.15, 0.2) is 48.9 Å². The number of amides is 2. The summed E-state index contributed by atoms with van der Waals surface area (Å²) in [6, 6.07) is 9.24. The highest BCUT2D eigenvalue weighted by atomic mass is 16.5. The minimum atomic E-state index is -0.242. The predicted molar refractivity (Wildman–Crippen MR) is 98.0 cm³/mol. The molecule has 2 amide bonds. The summed E-state index contributed by atoms with van der Waals surface area (Å²) in [5.41, 5.74) is 0.296. The molecule has 1 aromatic heterocycles. The van der Waals surface area contributed by atoms with Crippen LogP contribution in [0, 0.1) is 11.8 Å². The van der Waals surface area contributed by atoms with Gasteiger partial charge in [-0.2, -0.15) is 0 Å². The van der Waals surface area contributed by atoms with Gasteiger partial charge in [-0.3, -0.25) is 14.6 Å². The number of nitrogens with zero attached hydrogens (tertiary/aromatic N) is 3. The number of carbonyl (C=O) groups excluding carboxylic acids is 2. The fraction of sp³-hybridized carbons (Fsp3) is 0.400. The van der Waals surface area contributed by atoms with Gasteiger partial charge >= 0.3 is 0 Å². The first-order chi connectivity index (χ1) is 13.2. The lowest BCUT2D eigenvalue weighted by Crippen LogP contribution is -2.42. The lowest BCUT2D eigenvalue weighted by atomic mass is 9.98. The minimum Gasteiger partial charge on any atom is -0.484 e. The van der Waals surface area contributed by atoms with E-state index in [4.69, 9.17) is 4.74 Å². The second kappa shape index (κ2) is 7.73. The highest BCUT2D eigenvalue weighted by Crippen LogP contribution is 2.41. The summed E-state index contributed by atoms with van der Waals surface area (Å²) < 4.78 is 5.58. The van der Waals surface area contributed by atoms with Crippen molar-refractivity contribution in [3.05, 3.63) is 54.6 Å². The number of likely N-dealkylation sites (tertiary alicyclic amines) is 1. The highest BCUT2D eigenvalue weighted by Gasteiger charge is 2.44. The van der Waals surface area contributed by atoms with Gasteiger partial charge in [-0.05, 0) is 30.9 Å². The molecule has 1 aromatic carbocycles. The first-order valence-corrected chi connectivity index (χ1v) is 9.23. The monoisotopic (exact) mass is 366 g/mol. The van der Waals surface area contributed by atoms with Gasteiger partial charge in [0.1, 0.15) is 11.4 Å². The number of carbonyl (C=O) groups is 2. The first-order valence-electron chi connectivity index (χ1n) is 9.23. The molecule has 1 saturated carbocycles. The van der Waals surface area contributed by atoms with E-state index < -0.39 is 0 Å². The average Bonchev–Trinajstić information content (AvgIpc) is 3.48. The fourth-order valence-corrected chi connectivity index (χ4v) is 3.60. The molecule has 27 heavy (non-hydrogen) atoms. The minimum absolute atomic E-state index is 0.00618. The van der Waals surface area contributed by atoms with E-state index in [1.54, 1.807) is 4.90 Å². The maximum Gasteiger partial charge on any atom is 0.271 e. The first kappa shape index (κ1) is 17.5. The Kier molecular flexibility index (Phi) is 5.00. The molecular formula is C20H22N4O3. The van der Waals surface area contributed by atoms with Crippen LogP contribution in [0.5, 0.6) is 5.75 Å². The molecule has 1 aliphatic heterocycles. The third-order valence-electron chi connectivity index (χ3n) is 5.16. The van der Waals surface area contributed by atoms with E-state index in [1.165, 1.54) is 18.6 Å². The lowest BCUT2D eigenvalue weighted by Gasteiger charge is -2.18. The van der Waals surface area contributed by atoms with Gasteiger partial charge in [-0.25, -0.2) is 4.98 Å². The van der Waals surface area contributed by atoms with Crippen LogP contribution in [-0.2, 0) is 4.79 Å². The number of hydrogen-bond acceptors (Lipinski definition) is 5. The molecule has 2 aliphatic rings. The second-order valence-corrected chi connectivity index (χ2v) is 7.07. The Balaban J connectivity index is 1.36. The summed E-state index contributed by atoms with van der Waals surface area (Å²) in [7, 11) is 0. The molecule has 7 heteroatoms. The van der Waals surface area contributed by atoms with E-state index >= 15 is 0 Å².